The Balaban J connectivity index is 2.81. The van der Waals surface area contributed by atoms with E-state index in [1.54, 1.807) is 0 Å². The Morgan fingerprint density at radius 3 is 2.44 bits per heavy atom. The molecule has 0 aliphatic heterocycles. The quantitative estimate of drug-likeness (QED) is 0.699. The predicted molar refractivity (Wildman–Crippen MR) is 70.3 cm³/mol. The molecule has 1 aromatic carbocycles. The van der Waals surface area contributed by atoms with E-state index in [9.17, 15) is 0 Å². The van der Waals surface area contributed by atoms with Crippen LogP contribution < -0.4 is 4.74 Å². The van der Waals surface area contributed by atoms with Gasteiger partial charge in [0.1, 0.15) is 5.75 Å². The minimum absolute atomic E-state index is 0.311. The lowest BCUT2D eigenvalue weighted by Gasteiger charge is -2.17. The molecule has 1 atom stereocenters. The molecule has 0 saturated heterocycles. The maximum atomic E-state index is 5.98. The van der Waals surface area contributed by atoms with Gasteiger partial charge in [0.25, 0.3) is 0 Å². The normalized spacial score (nSPS) is 12.9. The fraction of sp³-hybridized carbons (Fsp3) is 0.600. The number of benzene rings is 1. The Morgan fingerprint density at radius 2 is 1.88 bits per heavy atom. The first-order valence-electron chi connectivity index (χ1n) is 6.31. The van der Waals surface area contributed by atoms with E-state index < -0.39 is 0 Å². The number of hydrogen-bond acceptors (Lipinski definition) is 1. The second-order valence-corrected chi connectivity index (χ2v) is 4.90. The van der Waals surface area contributed by atoms with E-state index in [0.717, 1.165) is 12.2 Å². The molecule has 0 aliphatic carbocycles. The summed E-state index contributed by atoms with van der Waals surface area (Å²) >= 11 is 0. The van der Waals surface area contributed by atoms with E-state index in [1.807, 2.05) is 0 Å². The Morgan fingerprint density at radius 1 is 1.19 bits per heavy atom. The molecule has 16 heavy (non-hydrogen) atoms. The van der Waals surface area contributed by atoms with Gasteiger partial charge in [0, 0.05) is 0 Å². The number of hydrogen-bond donors (Lipinski definition) is 0. The predicted octanol–water partition coefficient (Wildman–Crippen LogP) is 4.69. The highest BCUT2D eigenvalue weighted by Gasteiger charge is 2.08. The summed E-state index contributed by atoms with van der Waals surface area (Å²) in [5.41, 5.74) is 2.58. The first kappa shape index (κ1) is 13.1. The Labute approximate surface area is 99.8 Å². The molecule has 0 amide bonds. The smallest absolute Gasteiger partial charge is 0.122 e. The molecule has 1 heteroatoms. The molecule has 1 unspecified atom stereocenters. The molecule has 0 N–H and O–H groups in total. The molecule has 0 saturated carbocycles. The molecule has 0 bridgehead atoms. The maximum Gasteiger partial charge on any atom is 0.122 e. The van der Waals surface area contributed by atoms with E-state index in [0.29, 0.717) is 12.0 Å². The van der Waals surface area contributed by atoms with Gasteiger partial charge in [-0.15, -0.1) is 0 Å². The lowest BCUT2D eigenvalue weighted by Crippen LogP contribution is -2.12. The zero-order chi connectivity index (χ0) is 12.1. The Kier molecular flexibility index (Phi) is 4.85. The SMILES string of the molecule is CCCC(C)Oc1cc(C(C)C)ccc1C. The van der Waals surface area contributed by atoms with Crippen molar-refractivity contribution in [3.8, 4) is 5.75 Å². The van der Waals surface area contributed by atoms with Crippen LogP contribution in [0.3, 0.4) is 0 Å². The highest BCUT2D eigenvalue weighted by atomic mass is 16.5. The van der Waals surface area contributed by atoms with Gasteiger partial charge in [-0.05, 0) is 43.4 Å². The van der Waals surface area contributed by atoms with Crippen molar-refractivity contribution >= 4 is 0 Å². The van der Waals surface area contributed by atoms with Crippen molar-refractivity contribution in [2.45, 2.75) is 59.5 Å². The largest absolute Gasteiger partial charge is 0.490 e. The van der Waals surface area contributed by atoms with Gasteiger partial charge in [-0.3, -0.25) is 0 Å². The molecule has 1 aromatic rings. The van der Waals surface area contributed by atoms with Gasteiger partial charge in [0.15, 0.2) is 0 Å². The van der Waals surface area contributed by atoms with E-state index in [1.165, 1.54) is 17.5 Å². The topological polar surface area (TPSA) is 9.23 Å². The van der Waals surface area contributed by atoms with Crippen LogP contribution in [-0.4, -0.2) is 6.10 Å². The summed E-state index contributed by atoms with van der Waals surface area (Å²) in [4.78, 5) is 0. The number of ether oxygens (including phenoxy) is 1. The fourth-order valence-corrected chi connectivity index (χ4v) is 1.78. The van der Waals surface area contributed by atoms with Crippen molar-refractivity contribution in [2.75, 3.05) is 0 Å². The third kappa shape index (κ3) is 3.55. The van der Waals surface area contributed by atoms with E-state index in [-0.39, 0.29) is 0 Å². The highest BCUT2D eigenvalue weighted by molar-refractivity contribution is 5.37. The van der Waals surface area contributed by atoms with Crippen LogP contribution in [0, 0.1) is 6.92 Å². The molecule has 90 valence electrons. The van der Waals surface area contributed by atoms with Crippen molar-refractivity contribution in [3.05, 3.63) is 29.3 Å². The van der Waals surface area contributed by atoms with Gasteiger partial charge in [-0.1, -0.05) is 39.3 Å². The second kappa shape index (κ2) is 5.93. The molecule has 1 nitrogen and oxygen atoms in total. The van der Waals surface area contributed by atoms with Gasteiger partial charge < -0.3 is 4.74 Å². The number of rotatable bonds is 5. The van der Waals surface area contributed by atoms with Crippen molar-refractivity contribution in [1.82, 2.24) is 0 Å². The maximum absolute atomic E-state index is 5.98. The van der Waals surface area contributed by atoms with Crippen LogP contribution in [0.5, 0.6) is 5.75 Å². The first-order chi connectivity index (χ1) is 7.54. The molecule has 1 rings (SSSR count). The van der Waals surface area contributed by atoms with Crippen LogP contribution in [0.15, 0.2) is 18.2 Å². The van der Waals surface area contributed by atoms with Crippen molar-refractivity contribution < 1.29 is 4.74 Å². The van der Waals surface area contributed by atoms with E-state index >= 15 is 0 Å². The highest BCUT2D eigenvalue weighted by Crippen LogP contribution is 2.25. The van der Waals surface area contributed by atoms with Crippen LogP contribution in [0.25, 0.3) is 0 Å². The zero-order valence-electron chi connectivity index (χ0n) is 11.2. The molecule has 0 aliphatic rings. The van der Waals surface area contributed by atoms with Crippen molar-refractivity contribution in [1.29, 1.82) is 0 Å². The molecule has 0 aromatic heterocycles. The minimum atomic E-state index is 0.311. The average Bonchev–Trinajstić information content (AvgIpc) is 2.21. The lowest BCUT2D eigenvalue weighted by molar-refractivity contribution is 0.208. The van der Waals surface area contributed by atoms with Crippen LogP contribution >= 0.6 is 0 Å². The molecule has 0 fully saturated rings. The van der Waals surface area contributed by atoms with Gasteiger partial charge >= 0.3 is 0 Å². The third-order valence-corrected chi connectivity index (χ3v) is 2.90. The molecule has 0 heterocycles. The summed E-state index contributed by atoms with van der Waals surface area (Å²) in [6, 6.07) is 6.53. The summed E-state index contributed by atoms with van der Waals surface area (Å²) in [5.74, 6) is 1.61. The Hall–Kier alpha value is -0.980. The van der Waals surface area contributed by atoms with Crippen LogP contribution in [-0.2, 0) is 0 Å². The van der Waals surface area contributed by atoms with Crippen LogP contribution in [0.4, 0.5) is 0 Å². The van der Waals surface area contributed by atoms with Gasteiger partial charge in [-0.25, -0.2) is 0 Å². The van der Waals surface area contributed by atoms with Crippen molar-refractivity contribution in [3.63, 3.8) is 0 Å². The summed E-state index contributed by atoms with van der Waals surface area (Å²) in [7, 11) is 0. The van der Waals surface area contributed by atoms with Crippen molar-refractivity contribution in [2.24, 2.45) is 0 Å². The molecular weight excluding hydrogens is 196 g/mol. The van der Waals surface area contributed by atoms with E-state index in [4.69, 9.17) is 4.74 Å². The summed E-state index contributed by atoms with van der Waals surface area (Å²) in [6.45, 7) is 10.9. The zero-order valence-corrected chi connectivity index (χ0v) is 11.2. The Bertz CT molecular complexity index is 328. The number of aryl methyl sites for hydroxylation is 1. The minimum Gasteiger partial charge on any atom is -0.490 e. The molecule has 0 radical (unpaired) electrons. The molecular formula is C15H24O. The average molecular weight is 220 g/mol. The standard InChI is InChI=1S/C15H24O/c1-6-7-13(5)16-15-10-14(11(2)3)9-8-12(15)4/h8-11,13H,6-7H2,1-5H3. The summed E-state index contributed by atoms with van der Waals surface area (Å²) in [5, 5.41) is 0. The monoisotopic (exact) mass is 220 g/mol. The van der Waals surface area contributed by atoms with E-state index in [2.05, 4.69) is 52.8 Å². The molecule has 0 spiro atoms. The lowest BCUT2D eigenvalue weighted by atomic mass is 10.0. The van der Waals surface area contributed by atoms with Crippen LogP contribution in [0.1, 0.15) is 57.6 Å². The first-order valence-corrected chi connectivity index (χ1v) is 6.31. The summed E-state index contributed by atoms with van der Waals surface area (Å²) < 4.78 is 5.98. The van der Waals surface area contributed by atoms with Crippen LogP contribution in [0.2, 0.25) is 0 Å². The third-order valence-electron chi connectivity index (χ3n) is 2.90. The second-order valence-electron chi connectivity index (χ2n) is 4.90. The fourth-order valence-electron chi connectivity index (χ4n) is 1.78. The van der Waals surface area contributed by atoms with Gasteiger partial charge in [0.05, 0.1) is 6.10 Å². The van der Waals surface area contributed by atoms with Gasteiger partial charge in [0.2, 0.25) is 0 Å². The summed E-state index contributed by atoms with van der Waals surface area (Å²) in [6.07, 6.45) is 2.60. The van der Waals surface area contributed by atoms with Gasteiger partial charge in [-0.2, -0.15) is 0 Å².